The number of pyridine rings is 1. The quantitative estimate of drug-likeness (QED) is 0.698. The lowest BCUT2D eigenvalue weighted by atomic mass is 9.95. The summed E-state index contributed by atoms with van der Waals surface area (Å²) in [4.78, 5) is 23.8. The summed E-state index contributed by atoms with van der Waals surface area (Å²) in [6.45, 7) is 0.445. The average molecular weight is 397 g/mol. The van der Waals surface area contributed by atoms with Crippen molar-refractivity contribution in [1.82, 2.24) is 15.0 Å². The normalized spacial score (nSPS) is 13.1. The van der Waals surface area contributed by atoms with Crippen LogP contribution in [0.25, 0.3) is 16.7 Å². The lowest BCUT2D eigenvalue weighted by Crippen LogP contribution is -2.20. The van der Waals surface area contributed by atoms with Gasteiger partial charge in [-0.15, -0.1) is 0 Å². The third-order valence-electron chi connectivity index (χ3n) is 4.33. The lowest BCUT2D eigenvalue weighted by Gasteiger charge is -2.20. The summed E-state index contributed by atoms with van der Waals surface area (Å²) in [6.07, 6.45) is 1.99. The van der Waals surface area contributed by atoms with E-state index in [1.54, 1.807) is 18.5 Å². The molecule has 1 aliphatic heterocycles. The van der Waals surface area contributed by atoms with Crippen molar-refractivity contribution in [2.75, 3.05) is 17.2 Å². The molecule has 9 heteroatoms. The van der Waals surface area contributed by atoms with Crippen molar-refractivity contribution in [2.45, 2.75) is 6.18 Å². The fourth-order valence-electron chi connectivity index (χ4n) is 2.94. The highest BCUT2D eigenvalue weighted by atomic mass is 19.4. The number of amides is 1. The molecule has 4 rings (SSSR count). The van der Waals surface area contributed by atoms with E-state index in [9.17, 15) is 18.0 Å². The monoisotopic (exact) mass is 397 g/mol. The van der Waals surface area contributed by atoms with Gasteiger partial charge < -0.3 is 10.6 Å². The van der Waals surface area contributed by atoms with Crippen LogP contribution >= 0.6 is 0 Å². The minimum atomic E-state index is -4.59. The van der Waals surface area contributed by atoms with E-state index in [0.717, 1.165) is 23.0 Å². The van der Waals surface area contributed by atoms with E-state index in [-0.39, 0.29) is 5.82 Å². The lowest BCUT2D eigenvalue weighted by molar-refractivity contribution is -0.141. The van der Waals surface area contributed by atoms with E-state index in [2.05, 4.69) is 25.6 Å². The zero-order chi connectivity index (χ0) is 20.4. The van der Waals surface area contributed by atoms with Crippen LogP contribution in [-0.4, -0.2) is 27.4 Å². The molecule has 0 spiro atoms. The van der Waals surface area contributed by atoms with E-state index in [0.29, 0.717) is 23.9 Å². The van der Waals surface area contributed by atoms with E-state index >= 15 is 0 Å². The Bertz CT molecular complexity index is 1080. The molecular weight excluding hydrogens is 383 g/mol. The molecule has 3 aromatic rings. The fraction of sp³-hybridized carbons (Fsp3) is 0.100. The van der Waals surface area contributed by atoms with Crippen molar-refractivity contribution >= 4 is 23.0 Å². The molecule has 3 heterocycles. The van der Waals surface area contributed by atoms with Gasteiger partial charge in [-0.3, -0.25) is 9.78 Å². The van der Waals surface area contributed by atoms with Crippen LogP contribution in [0.2, 0.25) is 0 Å². The highest BCUT2D eigenvalue weighted by Crippen LogP contribution is 2.33. The van der Waals surface area contributed by atoms with Crippen LogP contribution in [0.15, 0.2) is 61.2 Å². The second kappa shape index (κ2) is 7.34. The van der Waals surface area contributed by atoms with E-state index in [4.69, 9.17) is 0 Å². The predicted octanol–water partition coefficient (Wildman–Crippen LogP) is 4.01. The SMILES string of the molecule is O=C(Nc1cnc(C(F)(F)F)cn1)C1=CCNc2ccc(-c3cccnc3)cc21. The molecule has 2 aromatic heterocycles. The average Bonchev–Trinajstić information content (AvgIpc) is 2.73. The first-order valence-corrected chi connectivity index (χ1v) is 8.61. The first-order chi connectivity index (χ1) is 13.9. The minimum Gasteiger partial charge on any atom is -0.381 e. The van der Waals surface area contributed by atoms with Crippen LogP contribution in [0, 0.1) is 0 Å². The van der Waals surface area contributed by atoms with E-state index in [1.807, 2.05) is 30.3 Å². The summed E-state index contributed by atoms with van der Waals surface area (Å²) < 4.78 is 37.8. The number of benzene rings is 1. The Balaban J connectivity index is 1.60. The largest absolute Gasteiger partial charge is 0.434 e. The standard InChI is InChI=1S/C20H14F3N5O/c21-20(22,23)17-10-27-18(11-26-17)28-19(29)14-5-7-25-16-4-3-12(8-15(14)16)13-2-1-6-24-9-13/h1-6,8-11,25H,7H2,(H,27,28,29). The highest BCUT2D eigenvalue weighted by Gasteiger charge is 2.32. The Kier molecular flexibility index (Phi) is 4.71. The van der Waals surface area contributed by atoms with Gasteiger partial charge in [-0.2, -0.15) is 13.2 Å². The minimum absolute atomic E-state index is 0.0626. The molecule has 2 N–H and O–H groups in total. The van der Waals surface area contributed by atoms with Gasteiger partial charge in [-0.25, -0.2) is 9.97 Å². The number of rotatable bonds is 3. The molecule has 1 amide bonds. The summed E-state index contributed by atoms with van der Waals surface area (Å²) in [5.41, 5.74) is 2.51. The summed E-state index contributed by atoms with van der Waals surface area (Å²) in [5.74, 6) is -0.544. The number of fused-ring (bicyclic) bond motifs is 1. The number of nitrogens with one attached hydrogen (secondary N) is 2. The van der Waals surface area contributed by atoms with Crippen molar-refractivity contribution < 1.29 is 18.0 Å². The van der Waals surface area contributed by atoms with Crippen molar-refractivity contribution in [2.24, 2.45) is 0 Å². The van der Waals surface area contributed by atoms with Crippen LogP contribution in [0.3, 0.4) is 0 Å². The van der Waals surface area contributed by atoms with E-state index in [1.165, 1.54) is 0 Å². The second-order valence-electron chi connectivity index (χ2n) is 6.24. The van der Waals surface area contributed by atoms with Crippen LogP contribution in [0.4, 0.5) is 24.7 Å². The maximum Gasteiger partial charge on any atom is 0.434 e. The highest BCUT2D eigenvalue weighted by molar-refractivity contribution is 6.26. The summed E-state index contributed by atoms with van der Waals surface area (Å²) in [5, 5.41) is 5.69. The topological polar surface area (TPSA) is 79.8 Å². The third-order valence-corrected chi connectivity index (χ3v) is 4.33. The van der Waals surface area contributed by atoms with Gasteiger partial charge in [0.1, 0.15) is 0 Å². The zero-order valence-electron chi connectivity index (χ0n) is 14.9. The first kappa shape index (κ1) is 18.6. The van der Waals surface area contributed by atoms with Crippen molar-refractivity contribution in [3.63, 3.8) is 0 Å². The van der Waals surface area contributed by atoms with Crippen LogP contribution in [-0.2, 0) is 11.0 Å². The molecule has 29 heavy (non-hydrogen) atoms. The number of carbonyl (C=O) groups is 1. The predicted molar refractivity (Wildman–Crippen MR) is 102 cm³/mol. The maximum atomic E-state index is 12.8. The van der Waals surface area contributed by atoms with Gasteiger partial charge in [0.2, 0.25) is 0 Å². The summed E-state index contributed by atoms with van der Waals surface area (Å²) >= 11 is 0. The zero-order valence-corrected chi connectivity index (χ0v) is 14.9. The molecule has 146 valence electrons. The Hall–Kier alpha value is -3.75. The third kappa shape index (κ3) is 3.93. The van der Waals surface area contributed by atoms with E-state index < -0.39 is 17.8 Å². The number of hydrogen-bond donors (Lipinski definition) is 2. The van der Waals surface area contributed by atoms with Crippen molar-refractivity contribution in [1.29, 1.82) is 0 Å². The molecule has 1 aliphatic rings. The first-order valence-electron chi connectivity index (χ1n) is 8.61. The Morgan fingerprint density at radius 2 is 1.93 bits per heavy atom. The molecule has 0 fully saturated rings. The van der Waals surface area contributed by atoms with Crippen LogP contribution < -0.4 is 10.6 Å². The van der Waals surface area contributed by atoms with Gasteiger partial charge in [0.05, 0.1) is 12.4 Å². The molecule has 1 aromatic carbocycles. The molecule has 6 nitrogen and oxygen atoms in total. The molecule has 0 atom stereocenters. The van der Waals surface area contributed by atoms with Gasteiger partial charge >= 0.3 is 6.18 Å². The van der Waals surface area contributed by atoms with Gasteiger partial charge in [0, 0.05) is 41.3 Å². The number of hydrogen-bond acceptors (Lipinski definition) is 5. The van der Waals surface area contributed by atoms with Gasteiger partial charge in [0.25, 0.3) is 5.91 Å². The molecule has 0 radical (unpaired) electrons. The van der Waals surface area contributed by atoms with Crippen LogP contribution in [0.5, 0.6) is 0 Å². The molecular formula is C20H14F3N5O. The smallest absolute Gasteiger partial charge is 0.381 e. The molecule has 0 bridgehead atoms. The molecule has 0 saturated carbocycles. The van der Waals surface area contributed by atoms with Crippen LogP contribution in [0.1, 0.15) is 11.3 Å². The number of nitrogens with zero attached hydrogens (tertiary/aromatic N) is 3. The Morgan fingerprint density at radius 1 is 1.07 bits per heavy atom. The van der Waals surface area contributed by atoms with Gasteiger partial charge in [-0.05, 0) is 23.8 Å². The van der Waals surface area contributed by atoms with Crippen molar-refractivity contribution in [3.8, 4) is 11.1 Å². The second-order valence-corrected chi connectivity index (χ2v) is 6.24. The fourth-order valence-corrected chi connectivity index (χ4v) is 2.94. The number of carbonyl (C=O) groups excluding carboxylic acids is 1. The summed E-state index contributed by atoms with van der Waals surface area (Å²) in [6, 6.07) is 9.38. The number of anilines is 2. The number of aromatic nitrogens is 3. The van der Waals surface area contributed by atoms with Gasteiger partial charge in [0.15, 0.2) is 11.5 Å². The van der Waals surface area contributed by atoms with Crippen molar-refractivity contribution in [3.05, 3.63) is 72.5 Å². The number of alkyl halides is 3. The molecule has 0 unspecified atom stereocenters. The molecule has 0 saturated heterocycles. The molecule has 0 aliphatic carbocycles. The maximum absolute atomic E-state index is 12.8. The Labute approximate surface area is 163 Å². The number of halogens is 3. The van der Waals surface area contributed by atoms with Gasteiger partial charge in [-0.1, -0.05) is 18.2 Å². The summed E-state index contributed by atoms with van der Waals surface area (Å²) in [7, 11) is 0. The Morgan fingerprint density at radius 3 is 2.62 bits per heavy atom.